The Labute approximate surface area is 206 Å². The minimum absolute atomic E-state index is 0. The summed E-state index contributed by atoms with van der Waals surface area (Å²) in [5, 5.41) is 0. The molecule has 10 heteroatoms. The number of aryl methyl sites for hydroxylation is 1. The molecule has 0 radical (unpaired) electrons. The van der Waals surface area contributed by atoms with Crippen molar-refractivity contribution in [1.82, 2.24) is 4.31 Å². The maximum atomic E-state index is 14.3. The Hall–Kier alpha value is -2.59. The molecule has 2 aromatic rings. The highest BCUT2D eigenvalue weighted by Gasteiger charge is 2.32. The molecule has 196 valence electrons. The summed E-state index contributed by atoms with van der Waals surface area (Å²) < 4.78 is 60.9. The zero-order valence-electron chi connectivity index (χ0n) is 20.2. The van der Waals surface area contributed by atoms with Crippen LogP contribution in [0, 0.1) is 24.5 Å². The van der Waals surface area contributed by atoms with Crippen molar-refractivity contribution < 1.29 is 32.9 Å². The number of amides is 1. The first-order chi connectivity index (χ1) is 16.2. The van der Waals surface area contributed by atoms with Gasteiger partial charge in [-0.25, -0.2) is 17.2 Å². The van der Waals surface area contributed by atoms with Gasteiger partial charge in [-0.05, 0) is 79.8 Å². The van der Waals surface area contributed by atoms with Gasteiger partial charge in [0, 0.05) is 20.6 Å². The summed E-state index contributed by atoms with van der Waals surface area (Å²) in [6.45, 7) is 6.57. The van der Waals surface area contributed by atoms with Crippen LogP contribution in [0.1, 0.15) is 68.4 Å². The topological polar surface area (TPSA) is 89.7 Å². The minimum atomic E-state index is -3.70. The second kappa shape index (κ2) is 11.9. The van der Waals surface area contributed by atoms with Crippen LogP contribution in [0.15, 0.2) is 35.2 Å². The van der Waals surface area contributed by atoms with Gasteiger partial charge in [-0.15, -0.1) is 0 Å². The maximum absolute atomic E-state index is 14.3. The van der Waals surface area contributed by atoms with E-state index in [2.05, 4.69) is 0 Å². The van der Waals surface area contributed by atoms with E-state index in [9.17, 15) is 22.0 Å². The van der Waals surface area contributed by atoms with E-state index < -0.39 is 27.6 Å². The Morgan fingerprint density at radius 1 is 1.11 bits per heavy atom. The molecular formula is C25H35F3N2O4S. The van der Waals surface area contributed by atoms with E-state index in [0.29, 0.717) is 43.9 Å². The molecular weight excluding hydrogens is 481 g/mol. The highest BCUT2D eigenvalue weighted by molar-refractivity contribution is 7.89. The molecule has 2 aromatic carbocycles. The molecule has 2 fully saturated rings. The second-order valence-corrected chi connectivity index (χ2v) is 10.5. The highest BCUT2D eigenvalue weighted by atomic mass is 32.2. The first kappa shape index (κ1) is 28.6. The zero-order chi connectivity index (χ0) is 25.0. The molecule has 1 aliphatic heterocycles. The van der Waals surface area contributed by atoms with Gasteiger partial charge in [0.1, 0.15) is 17.4 Å². The predicted molar refractivity (Wildman–Crippen MR) is 131 cm³/mol. The lowest BCUT2D eigenvalue weighted by atomic mass is 9.99. The summed E-state index contributed by atoms with van der Waals surface area (Å²) in [7, 11) is -3.70. The smallest absolute Gasteiger partial charge is 0.251 e. The quantitative estimate of drug-likeness (QED) is 0.551. The number of sulfonamides is 1. The molecule has 4 rings (SSSR count). The average molecular weight is 517 g/mol. The first-order valence-corrected chi connectivity index (χ1v) is 13.1. The number of hydrogen-bond acceptors (Lipinski definition) is 4. The number of hydrogen-bond donors (Lipinski definition) is 1. The average Bonchev–Trinajstić information content (AvgIpc) is 3.64. The van der Waals surface area contributed by atoms with Gasteiger partial charge >= 0.3 is 0 Å². The Morgan fingerprint density at radius 2 is 1.74 bits per heavy atom. The van der Waals surface area contributed by atoms with Gasteiger partial charge in [0.2, 0.25) is 10.0 Å². The van der Waals surface area contributed by atoms with Gasteiger partial charge in [0.15, 0.2) is 0 Å². The van der Waals surface area contributed by atoms with Crippen molar-refractivity contribution in [2.24, 2.45) is 11.7 Å². The molecule has 1 aliphatic carbocycles. The molecule has 0 aromatic heterocycles. The van der Waals surface area contributed by atoms with Crippen LogP contribution < -0.4 is 10.5 Å². The number of nitrogens with two attached hydrogens (primary N) is 1. The van der Waals surface area contributed by atoms with Crippen LogP contribution in [0.25, 0.3) is 0 Å². The molecule has 2 N–H and O–H groups in total. The normalized spacial score (nSPS) is 16.6. The Kier molecular flexibility index (Phi) is 9.74. The van der Waals surface area contributed by atoms with E-state index in [4.69, 9.17) is 10.5 Å². The van der Waals surface area contributed by atoms with Crippen LogP contribution in [0.5, 0.6) is 5.75 Å². The monoisotopic (exact) mass is 516 g/mol. The van der Waals surface area contributed by atoms with E-state index in [1.807, 2.05) is 13.8 Å². The van der Waals surface area contributed by atoms with Crippen LogP contribution >= 0.6 is 0 Å². The van der Waals surface area contributed by atoms with Crippen LogP contribution in [0.3, 0.4) is 0 Å². The molecule has 0 spiro atoms. The number of nitrogens with zero attached hydrogens (tertiary/aromatic N) is 1. The van der Waals surface area contributed by atoms with E-state index in [1.54, 1.807) is 6.92 Å². The van der Waals surface area contributed by atoms with Crippen molar-refractivity contribution in [3.05, 3.63) is 58.7 Å². The predicted octanol–water partition coefficient (Wildman–Crippen LogP) is 5.15. The lowest BCUT2D eigenvalue weighted by Gasteiger charge is -2.31. The third-order valence-electron chi connectivity index (χ3n) is 6.18. The Bertz CT molecular complexity index is 1150. The summed E-state index contributed by atoms with van der Waals surface area (Å²) in [5.74, 6) is -1.19. The largest absolute Gasteiger partial charge is 0.493 e. The van der Waals surface area contributed by atoms with E-state index in [1.165, 1.54) is 28.6 Å². The fourth-order valence-electron chi connectivity index (χ4n) is 4.16. The van der Waals surface area contributed by atoms with Gasteiger partial charge < -0.3 is 10.5 Å². The number of halogens is 3. The van der Waals surface area contributed by atoms with Crippen LogP contribution in [-0.4, -0.2) is 38.3 Å². The molecule has 0 atom stereocenters. The number of piperidine rings is 1. The Balaban J connectivity index is 0.00000158. The van der Waals surface area contributed by atoms with E-state index >= 15 is 0 Å². The van der Waals surface area contributed by atoms with E-state index in [-0.39, 0.29) is 28.4 Å². The van der Waals surface area contributed by atoms with Gasteiger partial charge in [-0.2, -0.15) is 4.31 Å². The fourth-order valence-corrected chi connectivity index (χ4v) is 5.84. The van der Waals surface area contributed by atoms with E-state index in [0.717, 1.165) is 24.5 Å². The number of benzene rings is 2. The lowest BCUT2D eigenvalue weighted by molar-refractivity contribution is 0.0996. The highest BCUT2D eigenvalue weighted by Crippen LogP contribution is 2.45. The molecule has 35 heavy (non-hydrogen) atoms. The molecule has 6 nitrogen and oxygen atoms in total. The molecule has 1 heterocycles. The van der Waals surface area contributed by atoms with Gasteiger partial charge in [-0.3, -0.25) is 9.50 Å². The fraction of sp³-hybridized carbons (Fsp3) is 0.480. The number of carbonyl (C=O) groups is 1. The maximum Gasteiger partial charge on any atom is 0.251 e. The van der Waals surface area contributed by atoms with Crippen molar-refractivity contribution >= 4 is 15.9 Å². The molecule has 2 aliphatic rings. The number of ether oxygens (including phenoxy) is 1. The van der Waals surface area contributed by atoms with Gasteiger partial charge in [0.05, 0.1) is 17.1 Å². The standard InChI is InChI=1S/C23H26F2N2O4S.C2H6.FH.H2/c1-14-10-17(24)4-5-22(14)32(29,30)27-8-6-15(7-9-27)13-31-21-12-20(25)19(23(26)28)11-18(21)16-2-3-16;1-2;;/h4-5,10-12,15-16H,2-3,6-9,13H2,1H3,(H2,26,28);1-2H3;2*1H. The van der Waals surface area contributed by atoms with Crippen molar-refractivity contribution in [2.75, 3.05) is 19.7 Å². The summed E-state index contributed by atoms with van der Waals surface area (Å²) >= 11 is 0. The number of primary amides is 1. The first-order valence-electron chi connectivity index (χ1n) is 11.7. The third kappa shape index (κ3) is 6.55. The second-order valence-electron chi connectivity index (χ2n) is 8.58. The molecule has 0 bridgehead atoms. The number of rotatable bonds is 7. The van der Waals surface area contributed by atoms with Crippen molar-refractivity contribution in [3.8, 4) is 5.75 Å². The minimum Gasteiger partial charge on any atom is -0.493 e. The SMILES string of the molecule is CC.Cc1cc(F)ccc1S(=O)(=O)N1CCC(COc2cc(F)c(C(N)=O)cc2C2CC2)CC1.F.[HH]. The number of carbonyl (C=O) groups excluding carboxylic acids is 1. The van der Waals surface area contributed by atoms with Crippen molar-refractivity contribution in [3.63, 3.8) is 0 Å². The van der Waals surface area contributed by atoms with Crippen LogP contribution in [0.2, 0.25) is 0 Å². The molecule has 1 amide bonds. The third-order valence-corrected chi connectivity index (χ3v) is 8.24. The molecule has 1 saturated carbocycles. The summed E-state index contributed by atoms with van der Waals surface area (Å²) in [5.41, 5.74) is 6.31. The van der Waals surface area contributed by atoms with Crippen LogP contribution in [-0.2, 0) is 10.0 Å². The summed E-state index contributed by atoms with van der Waals surface area (Å²) in [6.07, 6.45) is 3.11. The van der Waals surface area contributed by atoms with Crippen molar-refractivity contribution in [1.29, 1.82) is 0 Å². The van der Waals surface area contributed by atoms with Crippen molar-refractivity contribution in [2.45, 2.75) is 57.3 Å². The summed E-state index contributed by atoms with van der Waals surface area (Å²) in [4.78, 5) is 11.6. The van der Waals surface area contributed by atoms with Gasteiger partial charge in [0.25, 0.3) is 5.91 Å². The lowest BCUT2D eigenvalue weighted by Crippen LogP contribution is -2.39. The molecule has 0 unspecified atom stereocenters. The van der Waals surface area contributed by atoms with Crippen LogP contribution in [0.4, 0.5) is 13.5 Å². The van der Waals surface area contributed by atoms with Gasteiger partial charge in [-0.1, -0.05) is 13.8 Å². The Morgan fingerprint density at radius 3 is 2.29 bits per heavy atom. The zero-order valence-corrected chi connectivity index (χ0v) is 21.0. The molecule has 1 saturated heterocycles. The summed E-state index contributed by atoms with van der Waals surface area (Å²) in [6, 6.07) is 6.39.